The topological polar surface area (TPSA) is 49.6 Å². The predicted molar refractivity (Wildman–Crippen MR) is 83.7 cm³/mol. The molecule has 0 atom stereocenters. The molecule has 1 aliphatic heterocycles. The van der Waals surface area contributed by atoms with Crippen LogP contribution in [0.3, 0.4) is 0 Å². The second-order valence-electron chi connectivity index (χ2n) is 6.35. The van der Waals surface area contributed by atoms with Gasteiger partial charge in [0.25, 0.3) is 0 Å². The van der Waals surface area contributed by atoms with Crippen molar-refractivity contribution in [3.63, 3.8) is 0 Å². The van der Waals surface area contributed by atoms with E-state index in [0.717, 1.165) is 45.3 Å². The van der Waals surface area contributed by atoms with E-state index in [1.165, 1.54) is 5.56 Å². The van der Waals surface area contributed by atoms with Gasteiger partial charge in [0.2, 0.25) is 5.91 Å². The first-order chi connectivity index (χ1) is 10.2. The molecule has 0 bridgehead atoms. The highest BCUT2D eigenvalue weighted by molar-refractivity contribution is 5.79. The van der Waals surface area contributed by atoms with Crippen LogP contribution in [0.5, 0.6) is 0 Å². The van der Waals surface area contributed by atoms with Gasteiger partial charge in [-0.2, -0.15) is 0 Å². The minimum absolute atomic E-state index is 0.275. The van der Waals surface area contributed by atoms with E-state index in [9.17, 15) is 4.79 Å². The zero-order valence-corrected chi connectivity index (χ0v) is 12.6. The normalized spacial score (nSPS) is 20.4. The number of piperidine rings is 1. The Morgan fingerprint density at radius 1 is 1.14 bits per heavy atom. The zero-order valence-electron chi connectivity index (χ0n) is 12.6. The lowest BCUT2D eigenvalue weighted by Crippen LogP contribution is -2.46. The number of rotatable bonds is 5. The minimum Gasteiger partial charge on any atom is -0.334 e. The monoisotopic (exact) mass is 287 g/mol. The van der Waals surface area contributed by atoms with Crippen molar-refractivity contribution in [2.45, 2.75) is 44.3 Å². The van der Waals surface area contributed by atoms with Gasteiger partial charge >= 0.3 is 0 Å². The summed E-state index contributed by atoms with van der Waals surface area (Å²) in [5.74, 6) is 0.275. The van der Waals surface area contributed by atoms with Gasteiger partial charge < -0.3 is 10.6 Å². The summed E-state index contributed by atoms with van der Waals surface area (Å²) in [6, 6.07) is 11.1. The van der Waals surface area contributed by atoms with Crippen LogP contribution in [0.25, 0.3) is 0 Å². The third-order valence-electron chi connectivity index (χ3n) is 4.49. The van der Waals surface area contributed by atoms with Gasteiger partial charge in [-0.3, -0.25) is 9.69 Å². The Hall–Kier alpha value is -1.39. The van der Waals surface area contributed by atoms with E-state index < -0.39 is 0 Å². The van der Waals surface area contributed by atoms with E-state index in [0.29, 0.717) is 18.6 Å². The standard InChI is InChI=1S/C17H25N3O/c18-15-8-10-19(11-9-15)13-17(21)20(16-6-7-16)12-14-4-2-1-3-5-14/h1-5,15-16H,6-13,18H2. The van der Waals surface area contributed by atoms with Crippen LogP contribution in [0.4, 0.5) is 0 Å². The largest absolute Gasteiger partial charge is 0.334 e. The van der Waals surface area contributed by atoms with Crippen molar-refractivity contribution in [1.29, 1.82) is 0 Å². The van der Waals surface area contributed by atoms with Gasteiger partial charge in [0.05, 0.1) is 6.54 Å². The second kappa shape index (κ2) is 6.58. The summed E-state index contributed by atoms with van der Waals surface area (Å²) in [7, 11) is 0. The number of hydrogen-bond acceptors (Lipinski definition) is 3. The molecule has 1 aliphatic carbocycles. The number of carbonyl (C=O) groups excluding carboxylic acids is 1. The van der Waals surface area contributed by atoms with Crippen molar-refractivity contribution >= 4 is 5.91 Å². The molecule has 2 N–H and O–H groups in total. The van der Waals surface area contributed by atoms with Crippen LogP contribution < -0.4 is 5.73 Å². The fourth-order valence-electron chi connectivity index (χ4n) is 2.98. The SMILES string of the molecule is NC1CCN(CC(=O)N(Cc2ccccc2)C2CC2)CC1. The summed E-state index contributed by atoms with van der Waals surface area (Å²) in [4.78, 5) is 17.0. The lowest BCUT2D eigenvalue weighted by molar-refractivity contribution is -0.133. The molecule has 1 heterocycles. The van der Waals surface area contributed by atoms with Crippen LogP contribution in [-0.2, 0) is 11.3 Å². The Balaban J connectivity index is 1.57. The number of likely N-dealkylation sites (tertiary alicyclic amines) is 1. The van der Waals surface area contributed by atoms with Gasteiger partial charge in [-0.05, 0) is 31.2 Å². The molecule has 1 aromatic rings. The minimum atomic E-state index is 0.275. The average Bonchev–Trinajstić information content (AvgIpc) is 3.33. The van der Waals surface area contributed by atoms with Gasteiger partial charge in [-0.1, -0.05) is 30.3 Å². The number of nitrogens with two attached hydrogens (primary N) is 1. The number of amides is 1. The molecule has 21 heavy (non-hydrogen) atoms. The van der Waals surface area contributed by atoms with Gasteiger partial charge in [0, 0.05) is 31.7 Å². The molecule has 1 amide bonds. The highest BCUT2D eigenvalue weighted by Crippen LogP contribution is 2.28. The maximum Gasteiger partial charge on any atom is 0.237 e. The van der Waals surface area contributed by atoms with E-state index in [2.05, 4.69) is 21.9 Å². The Labute approximate surface area is 126 Å². The van der Waals surface area contributed by atoms with Crippen molar-refractivity contribution in [2.75, 3.05) is 19.6 Å². The molecule has 1 saturated carbocycles. The molecular formula is C17H25N3O. The number of benzene rings is 1. The van der Waals surface area contributed by atoms with Crippen LogP contribution in [0.1, 0.15) is 31.2 Å². The number of carbonyl (C=O) groups is 1. The van der Waals surface area contributed by atoms with Crippen LogP contribution in [0, 0.1) is 0 Å². The quantitative estimate of drug-likeness (QED) is 0.895. The lowest BCUT2D eigenvalue weighted by atomic mass is 10.1. The average molecular weight is 287 g/mol. The Bertz CT molecular complexity index is 464. The maximum absolute atomic E-state index is 12.6. The fraction of sp³-hybridized carbons (Fsp3) is 0.588. The molecule has 1 aromatic carbocycles. The van der Waals surface area contributed by atoms with Crippen LogP contribution in [-0.4, -0.2) is 47.4 Å². The van der Waals surface area contributed by atoms with Crippen molar-refractivity contribution in [3.05, 3.63) is 35.9 Å². The number of nitrogens with zero attached hydrogens (tertiary/aromatic N) is 2. The molecule has 2 fully saturated rings. The van der Waals surface area contributed by atoms with Gasteiger partial charge in [-0.25, -0.2) is 0 Å². The van der Waals surface area contributed by atoms with Crippen LogP contribution in [0.15, 0.2) is 30.3 Å². The molecule has 114 valence electrons. The molecule has 3 rings (SSSR count). The second-order valence-corrected chi connectivity index (χ2v) is 6.35. The van der Waals surface area contributed by atoms with E-state index >= 15 is 0 Å². The van der Waals surface area contributed by atoms with Crippen molar-refractivity contribution < 1.29 is 4.79 Å². The smallest absolute Gasteiger partial charge is 0.237 e. The summed E-state index contributed by atoms with van der Waals surface area (Å²) in [6.45, 7) is 3.21. The summed E-state index contributed by atoms with van der Waals surface area (Å²) >= 11 is 0. The Kier molecular flexibility index (Phi) is 4.56. The molecule has 4 nitrogen and oxygen atoms in total. The van der Waals surface area contributed by atoms with E-state index in [1.54, 1.807) is 0 Å². The first-order valence-electron chi connectivity index (χ1n) is 8.03. The van der Waals surface area contributed by atoms with Gasteiger partial charge in [-0.15, -0.1) is 0 Å². The summed E-state index contributed by atoms with van der Waals surface area (Å²) in [5, 5.41) is 0. The molecule has 0 radical (unpaired) electrons. The van der Waals surface area contributed by atoms with Crippen molar-refractivity contribution in [3.8, 4) is 0 Å². The number of hydrogen-bond donors (Lipinski definition) is 1. The first kappa shape index (κ1) is 14.5. The fourth-order valence-corrected chi connectivity index (χ4v) is 2.98. The summed E-state index contributed by atoms with van der Waals surface area (Å²) < 4.78 is 0. The molecule has 2 aliphatic rings. The molecule has 1 saturated heterocycles. The van der Waals surface area contributed by atoms with Gasteiger partial charge in [0.15, 0.2) is 0 Å². The summed E-state index contributed by atoms with van der Waals surface area (Å²) in [5.41, 5.74) is 7.15. The lowest BCUT2D eigenvalue weighted by Gasteiger charge is -2.32. The van der Waals surface area contributed by atoms with Crippen molar-refractivity contribution in [2.24, 2.45) is 5.73 Å². The molecule has 0 unspecified atom stereocenters. The molecule has 0 aromatic heterocycles. The highest BCUT2D eigenvalue weighted by Gasteiger charge is 2.33. The van der Waals surface area contributed by atoms with Crippen molar-refractivity contribution in [1.82, 2.24) is 9.80 Å². The molecular weight excluding hydrogens is 262 g/mol. The van der Waals surface area contributed by atoms with Crippen LogP contribution >= 0.6 is 0 Å². The third-order valence-corrected chi connectivity index (χ3v) is 4.49. The predicted octanol–water partition coefficient (Wildman–Crippen LogP) is 1.60. The Morgan fingerprint density at radius 2 is 1.81 bits per heavy atom. The highest BCUT2D eigenvalue weighted by atomic mass is 16.2. The van der Waals surface area contributed by atoms with E-state index in [1.807, 2.05) is 18.2 Å². The maximum atomic E-state index is 12.6. The summed E-state index contributed by atoms with van der Waals surface area (Å²) in [6.07, 6.45) is 4.33. The zero-order chi connectivity index (χ0) is 14.7. The van der Waals surface area contributed by atoms with Crippen LogP contribution in [0.2, 0.25) is 0 Å². The van der Waals surface area contributed by atoms with Gasteiger partial charge in [0.1, 0.15) is 0 Å². The van der Waals surface area contributed by atoms with E-state index in [-0.39, 0.29) is 5.91 Å². The molecule has 0 spiro atoms. The van der Waals surface area contributed by atoms with E-state index in [4.69, 9.17) is 5.73 Å². The third kappa shape index (κ3) is 4.05. The first-order valence-corrected chi connectivity index (χ1v) is 8.03. The molecule has 4 heteroatoms. The Morgan fingerprint density at radius 3 is 2.43 bits per heavy atom.